The average Bonchev–Trinajstić information content (AvgIpc) is 3.13. The number of aryl methyl sites for hydroxylation is 1. The molecule has 0 saturated carbocycles. The number of amides is 1. The van der Waals surface area contributed by atoms with Crippen LogP contribution >= 0.6 is 0 Å². The first-order chi connectivity index (χ1) is 14.2. The standard InChI is InChI=1S/C21H23FN4O3S/c1-15(26(30(3,28)29)20-10-6-18(22)7-11-20)21(27)24-14-17-4-8-19(9-5-17)25-13-12-23-16(25)2/h4-13,15H,14H2,1-3H3,(H,24,27)/t15-/m1/s1. The number of sulfonamides is 1. The molecule has 0 fully saturated rings. The highest BCUT2D eigenvalue weighted by molar-refractivity contribution is 7.92. The van der Waals surface area contributed by atoms with E-state index in [1.54, 1.807) is 6.20 Å². The maximum Gasteiger partial charge on any atom is 0.243 e. The van der Waals surface area contributed by atoms with Crippen LogP contribution < -0.4 is 9.62 Å². The molecule has 1 amide bonds. The number of hydrogen-bond acceptors (Lipinski definition) is 4. The van der Waals surface area contributed by atoms with Gasteiger partial charge in [-0.25, -0.2) is 17.8 Å². The molecule has 3 rings (SSSR count). The third-order valence-corrected chi connectivity index (χ3v) is 5.92. The molecular weight excluding hydrogens is 407 g/mol. The summed E-state index contributed by atoms with van der Waals surface area (Å²) in [6.45, 7) is 3.64. The number of carbonyl (C=O) groups excluding carboxylic acids is 1. The van der Waals surface area contributed by atoms with Crippen LogP contribution in [0.3, 0.4) is 0 Å². The Balaban J connectivity index is 1.69. The van der Waals surface area contributed by atoms with Gasteiger partial charge in [-0.05, 0) is 55.8 Å². The van der Waals surface area contributed by atoms with Crippen LogP contribution in [0.1, 0.15) is 18.3 Å². The Bertz CT molecular complexity index is 1130. The second-order valence-electron chi connectivity index (χ2n) is 6.94. The number of nitrogens with zero attached hydrogens (tertiary/aromatic N) is 3. The van der Waals surface area contributed by atoms with Gasteiger partial charge in [-0.3, -0.25) is 9.10 Å². The van der Waals surface area contributed by atoms with Gasteiger partial charge < -0.3 is 9.88 Å². The van der Waals surface area contributed by atoms with Crippen molar-refractivity contribution in [1.82, 2.24) is 14.9 Å². The monoisotopic (exact) mass is 430 g/mol. The fraction of sp³-hybridized carbons (Fsp3) is 0.238. The van der Waals surface area contributed by atoms with Gasteiger partial charge in [-0.15, -0.1) is 0 Å². The van der Waals surface area contributed by atoms with Gasteiger partial charge in [0.25, 0.3) is 0 Å². The number of carbonyl (C=O) groups is 1. The van der Waals surface area contributed by atoms with Crippen LogP contribution in [0.15, 0.2) is 60.9 Å². The summed E-state index contributed by atoms with van der Waals surface area (Å²) in [6, 6.07) is 11.6. The van der Waals surface area contributed by atoms with E-state index >= 15 is 0 Å². The number of anilines is 1. The molecule has 1 atom stereocenters. The predicted molar refractivity (Wildman–Crippen MR) is 113 cm³/mol. The lowest BCUT2D eigenvalue weighted by molar-refractivity contribution is -0.122. The topological polar surface area (TPSA) is 84.3 Å². The Morgan fingerprint density at radius 3 is 2.33 bits per heavy atom. The second-order valence-corrected chi connectivity index (χ2v) is 8.80. The van der Waals surface area contributed by atoms with Crippen LogP contribution in [0.25, 0.3) is 5.69 Å². The highest BCUT2D eigenvalue weighted by Gasteiger charge is 2.29. The zero-order valence-electron chi connectivity index (χ0n) is 16.9. The van der Waals surface area contributed by atoms with Gasteiger partial charge >= 0.3 is 0 Å². The minimum absolute atomic E-state index is 0.224. The number of benzene rings is 2. The minimum Gasteiger partial charge on any atom is -0.350 e. The summed E-state index contributed by atoms with van der Waals surface area (Å²) >= 11 is 0. The third kappa shape index (κ3) is 4.85. The van der Waals surface area contributed by atoms with Gasteiger partial charge in [0.2, 0.25) is 15.9 Å². The summed E-state index contributed by atoms with van der Waals surface area (Å²) in [5.41, 5.74) is 2.04. The van der Waals surface area contributed by atoms with Gasteiger partial charge in [0.05, 0.1) is 11.9 Å². The van der Waals surface area contributed by atoms with Crippen LogP contribution in [0.4, 0.5) is 10.1 Å². The van der Waals surface area contributed by atoms with Crippen molar-refractivity contribution in [2.75, 3.05) is 10.6 Å². The molecule has 0 spiro atoms. The van der Waals surface area contributed by atoms with Gasteiger partial charge in [-0.1, -0.05) is 12.1 Å². The van der Waals surface area contributed by atoms with Crippen molar-refractivity contribution in [1.29, 1.82) is 0 Å². The van der Waals surface area contributed by atoms with Crippen molar-refractivity contribution in [3.63, 3.8) is 0 Å². The van der Waals surface area contributed by atoms with Crippen molar-refractivity contribution in [2.45, 2.75) is 26.4 Å². The van der Waals surface area contributed by atoms with Crippen LogP contribution in [0.5, 0.6) is 0 Å². The van der Waals surface area contributed by atoms with E-state index in [4.69, 9.17) is 0 Å². The lowest BCUT2D eigenvalue weighted by Crippen LogP contribution is -2.47. The van der Waals surface area contributed by atoms with Crippen LogP contribution in [0.2, 0.25) is 0 Å². The Morgan fingerprint density at radius 1 is 1.17 bits per heavy atom. The number of halogens is 1. The maximum atomic E-state index is 13.2. The van der Waals surface area contributed by atoms with Gasteiger partial charge in [0, 0.05) is 24.6 Å². The first-order valence-corrected chi connectivity index (χ1v) is 11.1. The van der Waals surface area contributed by atoms with Crippen molar-refractivity contribution >= 4 is 21.6 Å². The quantitative estimate of drug-likeness (QED) is 0.625. The molecule has 0 radical (unpaired) electrons. The molecule has 30 heavy (non-hydrogen) atoms. The molecule has 7 nitrogen and oxygen atoms in total. The number of hydrogen-bond donors (Lipinski definition) is 1. The van der Waals surface area contributed by atoms with Crippen molar-refractivity contribution in [3.05, 3.63) is 78.1 Å². The molecule has 1 aromatic heterocycles. The Labute approximate surface area is 175 Å². The SMILES string of the molecule is Cc1nccn1-c1ccc(CNC(=O)[C@@H](C)N(c2ccc(F)cc2)S(C)(=O)=O)cc1. The predicted octanol–water partition coefficient (Wildman–Crippen LogP) is 2.79. The van der Waals surface area contributed by atoms with E-state index in [1.807, 2.05) is 42.0 Å². The fourth-order valence-electron chi connectivity index (χ4n) is 3.16. The van der Waals surface area contributed by atoms with Crippen molar-refractivity contribution in [3.8, 4) is 5.69 Å². The third-order valence-electron chi connectivity index (χ3n) is 4.68. The first-order valence-electron chi connectivity index (χ1n) is 9.29. The summed E-state index contributed by atoms with van der Waals surface area (Å²) in [6.07, 6.45) is 4.60. The zero-order valence-corrected chi connectivity index (χ0v) is 17.7. The summed E-state index contributed by atoms with van der Waals surface area (Å²) in [5.74, 6) is -0.0792. The molecule has 0 aliphatic heterocycles. The molecule has 0 bridgehead atoms. The molecule has 0 saturated heterocycles. The Hall–Kier alpha value is -3.20. The minimum atomic E-state index is -3.75. The summed E-state index contributed by atoms with van der Waals surface area (Å²) in [5, 5.41) is 2.76. The van der Waals surface area contributed by atoms with E-state index in [1.165, 1.54) is 19.1 Å². The maximum absolute atomic E-state index is 13.2. The normalized spacial score (nSPS) is 12.4. The lowest BCUT2D eigenvalue weighted by atomic mass is 10.2. The van der Waals surface area contributed by atoms with Gasteiger partial charge in [0.15, 0.2) is 0 Å². The molecule has 0 aliphatic carbocycles. The van der Waals surface area contributed by atoms with Gasteiger partial charge in [0.1, 0.15) is 17.7 Å². The highest BCUT2D eigenvalue weighted by atomic mass is 32.2. The smallest absolute Gasteiger partial charge is 0.243 e. The molecule has 1 N–H and O–H groups in total. The highest BCUT2D eigenvalue weighted by Crippen LogP contribution is 2.21. The molecular formula is C21H23FN4O3S. The fourth-order valence-corrected chi connectivity index (χ4v) is 4.33. The number of rotatable bonds is 7. The largest absolute Gasteiger partial charge is 0.350 e. The average molecular weight is 431 g/mol. The number of aromatic nitrogens is 2. The lowest BCUT2D eigenvalue weighted by Gasteiger charge is -2.28. The van der Waals surface area contributed by atoms with E-state index < -0.39 is 27.8 Å². The van der Waals surface area contributed by atoms with Gasteiger partial charge in [-0.2, -0.15) is 0 Å². The molecule has 2 aromatic carbocycles. The zero-order chi connectivity index (χ0) is 21.9. The summed E-state index contributed by atoms with van der Waals surface area (Å²) in [4.78, 5) is 16.8. The van der Waals surface area contributed by atoms with Crippen molar-refractivity contribution < 1.29 is 17.6 Å². The molecule has 0 unspecified atom stereocenters. The van der Waals surface area contributed by atoms with Crippen LogP contribution in [0, 0.1) is 12.7 Å². The molecule has 0 aliphatic rings. The second kappa shape index (κ2) is 8.66. The molecule has 158 valence electrons. The van der Waals surface area contributed by atoms with E-state index in [-0.39, 0.29) is 12.2 Å². The number of nitrogens with one attached hydrogen (secondary N) is 1. The van der Waals surface area contributed by atoms with Crippen molar-refractivity contribution in [2.24, 2.45) is 0 Å². The van der Waals surface area contributed by atoms with Crippen LogP contribution in [-0.2, 0) is 21.4 Å². The molecule has 9 heteroatoms. The number of imidazole rings is 1. The van der Waals surface area contributed by atoms with E-state index in [0.717, 1.165) is 39.8 Å². The molecule has 1 heterocycles. The summed E-state index contributed by atoms with van der Waals surface area (Å²) < 4.78 is 40.6. The Morgan fingerprint density at radius 2 is 1.80 bits per heavy atom. The Kier molecular flexibility index (Phi) is 6.21. The first kappa shape index (κ1) is 21.5. The van der Waals surface area contributed by atoms with E-state index in [0.29, 0.717) is 0 Å². The summed E-state index contributed by atoms with van der Waals surface area (Å²) in [7, 11) is -3.75. The van der Waals surface area contributed by atoms with E-state index in [9.17, 15) is 17.6 Å². The van der Waals surface area contributed by atoms with E-state index in [2.05, 4.69) is 10.3 Å². The van der Waals surface area contributed by atoms with Crippen LogP contribution in [-0.4, -0.2) is 36.2 Å². The molecule has 3 aromatic rings.